The average molecular weight is 399 g/mol. The van der Waals surface area contributed by atoms with Gasteiger partial charge in [-0.05, 0) is 31.2 Å². The Morgan fingerprint density at radius 1 is 1.19 bits per heavy atom. The molecular weight excluding hydrogens is 380 g/mol. The summed E-state index contributed by atoms with van der Waals surface area (Å²) < 4.78 is 53.3. The monoisotopic (exact) mass is 399 g/mol. The molecule has 2 unspecified atom stereocenters. The first-order valence-electron chi connectivity index (χ1n) is 8.10. The third-order valence-corrected chi connectivity index (χ3v) is 7.09. The van der Waals surface area contributed by atoms with Gasteiger partial charge in [-0.25, -0.2) is 22.2 Å². The maximum atomic E-state index is 13.3. The van der Waals surface area contributed by atoms with Crippen molar-refractivity contribution in [2.45, 2.75) is 30.0 Å². The number of hydrogen-bond donors (Lipinski definition) is 1. The Bertz CT molecular complexity index is 891. The molecule has 0 spiro atoms. The molecule has 1 aromatic heterocycles. The largest absolute Gasteiger partial charge is 0.352 e. The van der Waals surface area contributed by atoms with Crippen LogP contribution in [0.5, 0.6) is 0 Å². The van der Waals surface area contributed by atoms with Crippen LogP contribution in [0.1, 0.15) is 13.8 Å². The van der Waals surface area contributed by atoms with Crippen LogP contribution in [-0.2, 0) is 10.0 Å². The lowest BCUT2D eigenvalue weighted by molar-refractivity contribution is 0.509. The van der Waals surface area contributed by atoms with Gasteiger partial charge in [0, 0.05) is 35.9 Å². The molecule has 2 heterocycles. The number of benzene rings is 1. The van der Waals surface area contributed by atoms with Crippen LogP contribution in [-0.4, -0.2) is 37.0 Å². The molecule has 1 aromatic carbocycles. The van der Waals surface area contributed by atoms with E-state index < -0.39 is 21.7 Å². The number of anilines is 2. The van der Waals surface area contributed by atoms with Crippen LogP contribution in [0.2, 0.25) is 0 Å². The highest BCUT2D eigenvalue weighted by Crippen LogP contribution is 2.28. The molecule has 1 fully saturated rings. The fourth-order valence-corrected chi connectivity index (χ4v) is 4.82. The number of aromatic nitrogens is 1. The van der Waals surface area contributed by atoms with Crippen LogP contribution in [0.4, 0.5) is 20.3 Å². The number of nitrogens with one attached hydrogen (secondary N) is 1. The van der Waals surface area contributed by atoms with Gasteiger partial charge in [0.25, 0.3) is 10.0 Å². The fourth-order valence-electron chi connectivity index (χ4n) is 2.73. The topological polar surface area (TPSA) is 62.3 Å². The maximum absolute atomic E-state index is 13.3. The summed E-state index contributed by atoms with van der Waals surface area (Å²) in [6.45, 7) is 5.13. The third kappa shape index (κ3) is 3.93. The summed E-state index contributed by atoms with van der Waals surface area (Å²) in [7, 11) is -3.94. The Hall–Kier alpha value is -1.87. The summed E-state index contributed by atoms with van der Waals surface area (Å²) in [5.74, 6) is -0.450. The first-order chi connectivity index (χ1) is 12.3. The lowest BCUT2D eigenvalue weighted by Gasteiger charge is -2.38. The Kier molecular flexibility index (Phi) is 5.38. The van der Waals surface area contributed by atoms with E-state index in [1.54, 1.807) is 6.07 Å². The van der Waals surface area contributed by atoms with Gasteiger partial charge >= 0.3 is 0 Å². The van der Waals surface area contributed by atoms with Gasteiger partial charge in [-0.3, -0.25) is 4.72 Å². The van der Waals surface area contributed by atoms with Crippen molar-refractivity contribution in [3.8, 4) is 0 Å². The standard InChI is InChI=1S/C17H19F2N3O2S2/c1-11-12(2)25-8-7-22(11)17-6-4-14(10-20-17)26(23,24)21-13-3-5-15(18)16(19)9-13/h3-6,9-12,21H,7-8H2,1-2H3. The van der Waals surface area contributed by atoms with Crippen molar-refractivity contribution in [2.75, 3.05) is 21.9 Å². The molecule has 5 nitrogen and oxygen atoms in total. The Labute approximate surface area is 155 Å². The minimum absolute atomic E-state index is 0.0435. The van der Waals surface area contributed by atoms with Gasteiger partial charge in [-0.15, -0.1) is 0 Å². The van der Waals surface area contributed by atoms with E-state index in [1.165, 1.54) is 12.3 Å². The van der Waals surface area contributed by atoms with E-state index in [2.05, 4.69) is 28.5 Å². The molecule has 140 valence electrons. The van der Waals surface area contributed by atoms with E-state index in [0.29, 0.717) is 11.3 Å². The second-order valence-electron chi connectivity index (χ2n) is 6.10. The predicted molar refractivity (Wildman–Crippen MR) is 100 cm³/mol. The quantitative estimate of drug-likeness (QED) is 0.853. The minimum atomic E-state index is -3.94. The molecule has 1 aliphatic rings. The van der Waals surface area contributed by atoms with Crippen molar-refractivity contribution in [3.63, 3.8) is 0 Å². The molecule has 2 aromatic rings. The average Bonchev–Trinajstić information content (AvgIpc) is 2.60. The van der Waals surface area contributed by atoms with Crippen molar-refractivity contribution >= 4 is 33.3 Å². The van der Waals surface area contributed by atoms with Crippen molar-refractivity contribution in [1.29, 1.82) is 0 Å². The van der Waals surface area contributed by atoms with Crippen LogP contribution < -0.4 is 9.62 Å². The number of thioether (sulfide) groups is 1. The Morgan fingerprint density at radius 2 is 1.96 bits per heavy atom. The van der Waals surface area contributed by atoms with Gasteiger partial charge in [-0.1, -0.05) is 6.92 Å². The van der Waals surface area contributed by atoms with E-state index in [1.807, 2.05) is 11.8 Å². The molecule has 1 aliphatic heterocycles. The molecule has 0 radical (unpaired) electrons. The van der Waals surface area contributed by atoms with Crippen LogP contribution in [0.25, 0.3) is 0 Å². The third-order valence-electron chi connectivity index (χ3n) is 4.38. The second-order valence-corrected chi connectivity index (χ2v) is 9.26. The van der Waals surface area contributed by atoms with Crippen LogP contribution in [0, 0.1) is 11.6 Å². The highest BCUT2D eigenvalue weighted by molar-refractivity contribution is 8.00. The Balaban J connectivity index is 1.79. The summed E-state index contributed by atoms with van der Waals surface area (Å²) in [4.78, 5) is 6.40. The van der Waals surface area contributed by atoms with Crippen molar-refractivity contribution in [3.05, 3.63) is 48.2 Å². The highest BCUT2D eigenvalue weighted by atomic mass is 32.2. The number of sulfonamides is 1. The molecule has 0 saturated carbocycles. The van der Waals surface area contributed by atoms with Gasteiger partial charge in [0.2, 0.25) is 0 Å². The number of halogens is 2. The van der Waals surface area contributed by atoms with Crippen molar-refractivity contribution in [2.24, 2.45) is 0 Å². The minimum Gasteiger partial charge on any atom is -0.352 e. The van der Waals surface area contributed by atoms with Crippen LogP contribution in [0.15, 0.2) is 41.4 Å². The van der Waals surface area contributed by atoms with Crippen molar-refractivity contribution in [1.82, 2.24) is 4.98 Å². The van der Waals surface area contributed by atoms with Crippen LogP contribution in [0.3, 0.4) is 0 Å². The number of pyridine rings is 1. The molecule has 1 saturated heterocycles. The number of nitrogens with zero attached hydrogens (tertiary/aromatic N) is 2. The van der Waals surface area contributed by atoms with Gasteiger partial charge in [0.15, 0.2) is 11.6 Å². The SMILES string of the molecule is CC1SCCN(c2ccc(S(=O)(=O)Nc3ccc(F)c(F)c3)cn2)C1C. The molecule has 26 heavy (non-hydrogen) atoms. The summed E-state index contributed by atoms with van der Waals surface area (Å²) in [6, 6.07) is 6.24. The summed E-state index contributed by atoms with van der Waals surface area (Å²) in [6.07, 6.45) is 1.27. The van der Waals surface area contributed by atoms with E-state index in [9.17, 15) is 17.2 Å². The lowest BCUT2D eigenvalue weighted by atomic mass is 10.2. The molecule has 0 aliphatic carbocycles. The molecule has 3 rings (SSSR count). The first-order valence-corrected chi connectivity index (χ1v) is 10.6. The molecule has 1 N–H and O–H groups in total. The zero-order valence-corrected chi connectivity index (χ0v) is 15.9. The second kappa shape index (κ2) is 7.40. The van der Waals surface area contributed by atoms with Crippen LogP contribution >= 0.6 is 11.8 Å². The Morgan fingerprint density at radius 3 is 2.62 bits per heavy atom. The van der Waals surface area contributed by atoms with E-state index in [4.69, 9.17) is 0 Å². The number of hydrogen-bond acceptors (Lipinski definition) is 5. The van der Waals surface area contributed by atoms with Gasteiger partial charge in [-0.2, -0.15) is 11.8 Å². The molecular formula is C17H19F2N3O2S2. The summed E-state index contributed by atoms with van der Waals surface area (Å²) in [5, 5.41) is 0.462. The van der Waals surface area contributed by atoms with Crippen molar-refractivity contribution < 1.29 is 17.2 Å². The molecule has 9 heteroatoms. The lowest BCUT2D eigenvalue weighted by Crippen LogP contribution is -2.45. The fraction of sp³-hybridized carbons (Fsp3) is 0.353. The van der Waals surface area contributed by atoms with E-state index in [0.717, 1.165) is 36.3 Å². The first kappa shape index (κ1) is 18.9. The normalized spacial score (nSPS) is 20.8. The van der Waals surface area contributed by atoms with Gasteiger partial charge in [0.05, 0.1) is 5.69 Å². The van der Waals surface area contributed by atoms with E-state index in [-0.39, 0.29) is 10.6 Å². The summed E-state index contributed by atoms with van der Waals surface area (Å²) in [5.41, 5.74) is -0.0523. The van der Waals surface area contributed by atoms with Gasteiger partial charge < -0.3 is 4.90 Å². The maximum Gasteiger partial charge on any atom is 0.263 e. The number of rotatable bonds is 4. The predicted octanol–water partition coefficient (Wildman–Crippen LogP) is 3.49. The van der Waals surface area contributed by atoms with E-state index >= 15 is 0 Å². The highest BCUT2D eigenvalue weighted by Gasteiger charge is 2.26. The molecule has 2 atom stereocenters. The molecule has 0 amide bonds. The smallest absolute Gasteiger partial charge is 0.263 e. The zero-order valence-electron chi connectivity index (χ0n) is 14.3. The van der Waals surface area contributed by atoms with Gasteiger partial charge in [0.1, 0.15) is 10.7 Å². The zero-order chi connectivity index (χ0) is 18.9. The summed E-state index contributed by atoms with van der Waals surface area (Å²) >= 11 is 1.90. The molecule has 0 bridgehead atoms.